The van der Waals surface area contributed by atoms with E-state index < -0.39 is 81.0 Å². The first-order valence-electron chi connectivity index (χ1n) is 11.4. The summed E-state index contributed by atoms with van der Waals surface area (Å²) in [5.74, 6) is -10.0. The van der Waals surface area contributed by atoms with Crippen molar-refractivity contribution >= 4 is 45.9 Å². The number of nitrogens with two attached hydrogens (primary N) is 1. The van der Waals surface area contributed by atoms with E-state index in [-0.39, 0.29) is 29.9 Å². The number of anilines is 2. The third-order valence-corrected chi connectivity index (χ3v) is 6.28. The number of carboxylic acid groups (broad SMARTS) is 2. The van der Waals surface area contributed by atoms with Gasteiger partial charge in [0.2, 0.25) is 5.43 Å². The summed E-state index contributed by atoms with van der Waals surface area (Å²) < 4.78 is 90.2. The zero-order valence-corrected chi connectivity index (χ0v) is 21.5. The van der Waals surface area contributed by atoms with Crippen LogP contribution in [0.15, 0.2) is 34.5 Å². The lowest BCUT2D eigenvalue weighted by molar-refractivity contribution is -0.192. The molecule has 226 valence electrons. The molecular formula is C24H18ClF7N4O6. The number of benzene rings is 1. The number of pyridine rings is 2. The molecule has 0 aliphatic carbocycles. The van der Waals surface area contributed by atoms with Crippen molar-refractivity contribution < 1.29 is 55.6 Å². The molecule has 0 spiro atoms. The number of aromatic carboxylic acids is 1. The number of piperidine rings is 1. The van der Waals surface area contributed by atoms with Gasteiger partial charge in [-0.25, -0.2) is 32.1 Å². The normalized spacial score (nSPS) is 14.8. The molecule has 2 aromatic heterocycles. The van der Waals surface area contributed by atoms with E-state index in [1.807, 2.05) is 0 Å². The van der Waals surface area contributed by atoms with Gasteiger partial charge in [-0.15, -0.1) is 0 Å². The zero-order chi connectivity index (χ0) is 31.7. The van der Waals surface area contributed by atoms with Gasteiger partial charge in [-0.05, 0) is 24.5 Å². The van der Waals surface area contributed by atoms with E-state index in [1.54, 1.807) is 0 Å². The molecule has 5 N–H and O–H groups in total. The molecule has 0 amide bonds. The van der Waals surface area contributed by atoms with Crippen molar-refractivity contribution in [2.75, 3.05) is 30.3 Å². The molecule has 0 atom stereocenters. The van der Waals surface area contributed by atoms with Crippen LogP contribution in [0.3, 0.4) is 0 Å². The first-order valence-corrected chi connectivity index (χ1v) is 11.8. The molecule has 1 aromatic carbocycles. The highest BCUT2D eigenvalue weighted by atomic mass is 35.5. The van der Waals surface area contributed by atoms with E-state index >= 15 is 4.39 Å². The number of nitrogen functional groups attached to an aromatic ring is 1. The number of aliphatic carboxylic acids is 1. The third kappa shape index (κ3) is 6.41. The number of halogens is 8. The second-order valence-electron chi connectivity index (χ2n) is 8.62. The Morgan fingerprint density at radius 1 is 1.10 bits per heavy atom. The summed E-state index contributed by atoms with van der Waals surface area (Å²) in [6.07, 6.45) is -3.63. The fraction of sp³-hybridized carbons (Fsp3) is 0.250. The van der Waals surface area contributed by atoms with Crippen LogP contribution in [0.2, 0.25) is 5.02 Å². The number of nitrogens with zero attached hydrogens (tertiary/aromatic N) is 3. The van der Waals surface area contributed by atoms with E-state index in [4.69, 9.17) is 32.3 Å². The van der Waals surface area contributed by atoms with E-state index in [1.165, 1.54) is 4.90 Å². The second-order valence-corrected chi connectivity index (χ2v) is 9.00. The maximum atomic E-state index is 15.3. The first-order chi connectivity index (χ1) is 19.5. The lowest BCUT2D eigenvalue weighted by Crippen LogP contribution is -2.33. The molecule has 1 aliphatic rings. The fourth-order valence-corrected chi connectivity index (χ4v) is 4.45. The Balaban J connectivity index is 0.000000616. The largest absolute Gasteiger partial charge is 0.490 e. The van der Waals surface area contributed by atoms with Crippen molar-refractivity contribution in [1.29, 1.82) is 0 Å². The Morgan fingerprint density at radius 2 is 1.71 bits per heavy atom. The summed E-state index contributed by atoms with van der Waals surface area (Å²) >= 11 is 6.52. The number of aromatic nitrogens is 2. The summed E-state index contributed by atoms with van der Waals surface area (Å²) in [4.78, 5) is 38.4. The van der Waals surface area contributed by atoms with Gasteiger partial charge in [0.25, 0.3) is 0 Å². The predicted octanol–water partition coefficient (Wildman–Crippen LogP) is 4.19. The van der Waals surface area contributed by atoms with Gasteiger partial charge in [-0.2, -0.15) is 13.2 Å². The Morgan fingerprint density at radius 3 is 2.26 bits per heavy atom. The standard InChI is InChI=1S/C22H17ClF4N4O4.C2HF3O2/c23-16-17-10(4-12(24)18(16)30-3-1-2-9(6-30)15(27)8-32)19(33)11(22(34)35)7-31(17)21-14(26)5-13(25)20(28)29-21;3-2(4,5)1(6)7/h4-5,7,32H,1-3,6,8H2,(H2,28,29)(H,34,35);(H,6,7). The van der Waals surface area contributed by atoms with Gasteiger partial charge >= 0.3 is 18.1 Å². The highest BCUT2D eigenvalue weighted by Crippen LogP contribution is 2.39. The number of carbonyl (C=O) groups is 2. The number of alkyl halides is 3. The van der Waals surface area contributed by atoms with Crippen LogP contribution in [0.25, 0.3) is 16.7 Å². The fourth-order valence-electron chi connectivity index (χ4n) is 4.05. The summed E-state index contributed by atoms with van der Waals surface area (Å²) in [6.45, 7) is -0.717. The Labute approximate surface area is 234 Å². The zero-order valence-electron chi connectivity index (χ0n) is 20.8. The molecule has 0 radical (unpaired) electrons. The number of carboxylic acids is 2. The number of aliphatic hydroxyl groups excluding tert-OH is 1. The average molecular weight is 627 g/mol. The van der Waals surface area contributed by atoms with Crippen LogP contribution in [-0.4, -0.2) is 62.7 Å². The summed E-state index contributed by atoms with van der Waals surface area (Å²) in [5.41, 5.74) is 3.17. The average Bonchev–Trinajstić information content (AvgIpc) is 2.90. The molecule has 0 saturated carbocycles. The van der Waals surface area contributed by atoms with Crippen molar-refractivity contribution in [2.45, 2.75) is 19.0 Å². The monoisotopic (exact) mass is 626 g/mol. The number of rotatable bonds is 4. The van der Waals surface area contributed by atoms with Gasteiger partial charge in [-0.1, -0.05) is 11.6 Å². The number of fused-ring (bicyclic) bond motifs is 1. The first kappa shape index (κ1) is 32.1. The van der Waals surface area contributed by atoms with Crippen molar-refractivity contribution in [2.24, 2.45) is 0 Å². The smallest absolute Gasteiger partial charge is 0.477 e. The molecule has 42 heavy (non-hydrogen) atoms. The topological polar surface area (TPSA) is 159 Å². The molecule has 0 unspecified atom stereocenters. The van der Waals surface area contributed by atoms with E-state index in [2.05, 4.69) is 4.98 Å². The SMILES string of the molecule is Nc1nc(-n2cc(C(=O)O)c(=O)c3cc(F)c(N4CCCC(=C(F)CO)C4)c(Cl)c32)c(F)cc1F.O=C(O)C(F)(F)F. The third-order valence-electron chi connectivity index (χ3n) is 5.92. The van der Waals surface area contributed by atoms with Crippen LogP contribution in [0.5, 0.6) is 0 Å². The van der Waals surface area contributed by atoms with Crippen LogP contribution < -0.4 is 16.1 Å². The molecular weight excluding hydrogens is 609 g/mol. The van der Waals surface area contributed by atoms with Crippen LogP contribution >= 0.6 is 11.6 Å². The predicted molar refractivity (Wildman–Crippen MR) is 134 cm³/mol. The van der Waals surface area contributed by atoms with Crippen molar-refractivity contribution in [3.8, 4) is 5.82 Å². The minimum Gasteiger partial charge on any atom is -0.477 e. The van der Waals surface area contributed by atoms with Gasteiger partial charge in [0, 0.05) is 25.4 Å². The molecule has 0 bridgehead atoms. The highest BCUT2D eigenvalue weighted by molar-refractivity contribution is 6.38. The number of aliphatic hydroxyl groups is 1. The van der Waals surface area contributed by atoms with Crippen molar-refractivity contribution in [1.82, 2.24) is 9.55 Å². The van der Waals surface area contributed by atoms with E-state index in [9.17, 15) is 41.0 Å². The van der Waals surface area contributed by atoms with Crippen LogP contribution in [0, 0.1) is 17.5 Å². The molecule has 1 saturated heterocycles. The lowest BCUT2D eigenvalue weighted by atomic mass is 10.0. The van der Waals surface area contributed by atoms with Gasteiger partial charge in [-0.3, -0.25) is 9.36 Å². The van der Waals surface area contributed by atoms with E-state index in [0.29, 0.717) is 18.9 Å². The van der Waals surface area contributed by atoms with Crippen LogP contribution in [-0.2, 0) is 4.79 Å². The van der Waals surface area contributed by atoms with Crippen molar-refractivity contribution in [3.63, 3.8) is 0 Å². The summed E-state index contributed by atoms with van der Waals surface area (Å²) in [6, 6.07) is 1.16. The minimum atomic E-state index is -5.08. The van der Waals surface area contributed by atoms with Gasteiger partial charge < -0.3 is 26.0 Å². The Hall–Kier alpha value is -4.38. The van der Waals surface area contributed by atoms with Gasteiger partial charge in [0.15, 0.2) is 23.3 Å². The van der Waals surface area contributed by atoms with Gasteiger partial charge in [0.05, 0.1) is 28.2 Å². The Bertz CT molecular complexity index is 1680. The molecule has 1 fully saturated rings. The molecule has 4 rings (SSSR count). The summed E-state index contributed by atoms with van der Waals surface area (Å²) in [5, 5.41) is 24.8. The Kier molecular flexibility index (Phi) is 9.36. The van der Waals surface area contributed by atoms with E-state index in [0.717, 1.165) is 16.8 Å². The van der Waals surface area contributed by atoms with Crippen LogP contribution in [0.4, 0.5) is 42.2 Å². The molecule has 18 heteroatoms. The maximum absolute atomic E-state index is 15.3. The number of hydrogen-bond donors (Lipinski definition) is 4. The molecule has 10 nitrogen and oxygen atoms in total. The van der Waals surface area contributed by atoms with Crippen molar-refractivity contribution in [3.05, 3.63) is 68.0 Å². The molecule has 3 aromatic rings. The molecule has 3 heterocycles. The lowest BCUT2D eigenvalue weighted by Gasteiger charge is -2.32. The quantitative estimate of drug-likeness (QED) is 0.312. The second kappa shape index (κ2) is 12.2. The van der Waals surface area contributed by atoms with Crippen LogP contribution in [0.1, 0.15) is 23.2 Å². The van der Waals surface area contributed by atoms with Gasteiger partial charge in [0.1, 0.15) is 17.2 Å². The summed E-state index contributed by atoms with van der Waals surface area (Å²) in [7, 11) is 0. The number of hydrogen-bond acceptors (Lipinski definition) is 7. The maximum Gasteiger partial charge on any atom is 0.490 e. The minimum absolute atomic E-state index is 0.123. The highest BCUT2D eigenvalue weighted by Gasteiger charge is 2.38. The molecule has 1 aliphatic heterocycles.